The Labute approximate surface area is 184 Å². The minimum Gasteiger partial charge on any atom is -0.497 e. The lowest BCUT2D eigenvalue weighted by molar-refractivity contribution is -0.129. The zero-order valence-electron chi connectivity index (χ0n) is 17.1. The van der Waals surface area contributed by atoms with Gasteiger partial charge in [0, 0.05) is 18.7 Å². The Morgan fingerprint density at radius 3 is 2.73 bits per heavy atom. The molecule has 1 amide bonds. The number of benzene rings is 1. The van der Waals surface area contributed by atoms with Crippen LogP contribution in [0.5, 0.6) is 5.75 Å². The molecule has 0 bridgehead atoms. The van der Waals surface area contributed by atoms with Crippen LogP contribution in [0.4, 0.5) is 0 Å². The number of aryl methyl sites for hydroxylation is 1. The largest absolute Gasteiger partial charge is 0.497 e. The molecular weight excluding hydrogens is 416 g/mol. The van der Waals surface area contributed by atoms with Gasteiger partial charge in [0.2, 0.25) is 5.91 Å². The summed E-state index contributed by atoms with van der Waals surface area (Å²) in [5.41, 5.74) is 2.74. The van der Waals surface area contributed by atoms with E-state index < -0.39 is 0 Å². The molecule has 0 saturated carbocycles. The van der Waals surface area contributed by atoms with Crippen molar-refractivity contribution in [1.82, 2.24) is 20.1 Å². The van der Waals surface area contributed by atoms with Crippen molar-refractivity contribution in [2.45, 2.75) is 31.2 Å². The molecule has 6 nitrogen and oxygen atoms in total. The van der Waals surface area contributed by atoms with Crippen molar-refractivity contribution < 1.29 is 9.53 Å². The summed E-state index contributed by atoms with van der Waals surface area (Å²) in [7, 11) is 1.66. The first-order chi connectivity index (χ1) is 14.6. The lowest BCUT2D eigenvalue weighted by Crippen LogP contribution is -2.36. The van der Waals surface area contributed by atoms with Crippen molar-refractivity contribution in [3.05, 3.63) is 42.1 Å². The number of nitrogens with zero attached hydrogens (tertiary/aromatic N) is 4. The summed E-state index contributed by atoms with van der Waals surface area (Å²) >= 11 is 3.04. The van der Waals surface area contributed by atoms with E-state index in [1.807, 2.05) is 48.2 Å². The average molecular weight is 441 g/mol. The molecule has 3 heterocycles. The summed E-state index contributed by atoms with van der Waals surface area (Å²) in [6.45, 7) is 3.74. The number of methoxy groups -OCH3 is 1. The van der Waals surface area contributed by atoms with Crippen molar-refractivity contribution in [2.24, 2.45) is 0 Å². The number of amides is 1. The third-order valence-corrected chi connectivity index (χ3v) is 7.17. The molecule has 1 fully saturated rings. The van der Waals surface area contributed by atoms with Crippen LogP contribution in [-0.4, -0.2) is 51.9 Å². The zero-order valence-corrected chi connectivity index (χ0v) is 18.8. The molecule has 2 aromatic heterocycles. The predicted molar refractivity (Wildman–Crippen MR) is 121 cm³/mol. The summed E-state index contributed by atoms with van der Waals surface area (Å²) in [5, 5.41) is 10.4. The molecular formula is C22H24N4O2S2. The lowest BCUT2D eigenvalue weighted by Gasteiger charge is -2.26. The molecule has 0 atom stereocenters. The maximum absolute atomic E-state index is 12.3. The molecule has 0 N–H and O–H groups in total. The average Bonchev–Trinajstić information content (AvgIpc) is 3.20. The molecule has 30 heavy (non-hydrogen) atoms. The fourth-order valence-corrected chi connectivity index (χ4v) is 5.15. The molecule has 8 heteroatoms. The SMILES string of the molecule is COc1cccc(-c2nc(C)c(-c3ccc(SCC(=O)N4CCCCC4)nn3)s2)c1. The number of rotatable bonds is 6. The van der Waals surface area contributed by atoms with Crippen LogP contribution in [0.1, 0.15) is 25.0 Å². The second kappa shape index (κ2) is 9.57. The van der Waals surface area contributed by atoms with Gasteiger partial charge in [-0.15, -0.1) is 21.5 Å². The standard InChI is InChI=1S/C22H24N4O2S2/c1-15-21(30-22(23-15)16-7-6-8-17(13-16)28-2)18-9-10-19(25-24-18)29-14-20(27)26-11-4-3-5-12-26/h6-10,13H,3-5,11-12,14H2,1-2H3. The Balaban J connectivity index is 1.43. The predicted octanol–water partition coefficient (Wildman–Crippen LogP) is 4.69. The molecule has 1 aromatic carbocycles. The zero-order chi connectivity index (χ0) is 20.9. The number of thioether (sulfide) groups is 1. The van der Waals surface area contributed by atoms with Crippen LogP contribution in [0.25, 0.3) is 21.1 Å². The van der Waals surface area contributed by atoms with E-state index in [-0.39, 0.29) is 5.91 Å². The molecule has 0 aliphatic carbocycles. The van der Waals surface area contributed by atoms with Gasteiger partial charge < -0.3 is 9.64 Å². The van der Waals surface area contributed by atoms with E-state index in [0.717, 1.165) is 63.5 Å². The third kappa shape index (κ3) is 4.82. The Morgan fingerprint density at radius 2 is 2.00 bits per heavy atom. The van der Waals surface area contributed by atoms with Gasteiger partial charge in [-0.1, -0.05) is 23.9 Å². The minimum atomic E-state index is 0.187. The van der Waals surface area contributed by atoms with Crippen molar-refractivity contribution in [1.29, 1.82) is 0 Å². The second-order valence-corrected chi connectivity index (χ2v) is 9.15. The van der Waals surface area contributed by atoms with E-state index in [1.165, 1.54) is 18.2 Å². The van der Waals surface area contributed by atoms with Gasteiger partial charge >= 0.3 is 0 Å². The van der Waals surface area contributed by atoms with E-state index in [2.05, 4.69) is 10.2 Å². The number of ether oxygens (including phenoxy) is 1. The highest BCUT2D eigenvalue weighted by Crippen LogP contribution is 2.35. The van der Waals surface area contributed by atoms with Gasteiger partial charge in [-0.3, -0.25) is 4.79 Å². The van der Waals surface area contributed by atoms with Crippen LogP contribution in [0.3, 0.4) is 0 Å². The van der Waals surface area contributed by atoms with Crippen molar-refractivity contribution in [3.63, 3.8) is 0 Å². The van der Waals surface area contributed by atoms with Crippen LogP contribution in [0.2, 0.25) is 0 Å². The van der Waals surface area contributed by atoms with E-state index in [1.54, 1.807) is 18.4 Å². The number of aromatic nitrogens is 3. The summed E-state index contributed by atoms with van der Waals surface area (Å²) in [6.07, 6.45) is 3.44. The van der Waals surface area contributed by atoms with Crippen molar-refractivity contribution >= 4 is 29.0 Å². The van der Waals surface area contributed by atoms with Crippen LogP contribution in [0, 0.1) is 6.92 Å². The smallest absolute Gasteiger partial charge is 0.232 e. The summed E-state index contributed by atoms with van der Waals surface area (Å²) < 4.78 is 5.31. The van der Waals surface area contributed by atoms with Gasteiger partial charge in [0.05, 0.1) is 23.4 Å². The minimum absolute atomic E-state index is 0.187. The normalized spacial score (nSPS) is 14.0. The van der Waals surface area contributed by atoms with Crippen LogP contribution in [-0.2, 0) is 4.79 Å². The van der Waals surface area contributed by atoms with Crippen molar-refractivity contribution in [2.75, 3.05) is 26.0 Å². The van der Waals surface area contributed by atoms with Gasteiger partial charge in [0.15, 0.2) is 0 Å². The lowest BCUT2D eigenvalue weighted by atomic mass is 10.1. The fraction of sp³-hybridized carbons (Fsp3) is 0.364. The quantitative estimate of drug-likeness (QED) is 0.518. The summed E-state index contributed by atoms with van der Waals surface area (Å²) in [5.74, 6) is 1.40. The van der Waals surface area contributed by atoms with Gasteiger partial charge in [0.1, 0.15) is 21.5 Å². The first kappa shape index (κ1) is 20.8. The number of likely N-dealkylation sites (tertiary alicyclic amines) is 1. The second-order valence-electron chi connectivity index (χ2n) is 7.15. The number of thiazole rings is 1. The molecule has 1 saturated heterocycles. The number of hydrogen-bond acceptors (Lipinski definition) is 7. The number of hydrogen-bond donors (Lipinski definition) is 0. The van der Waals surface area contributed by atoms with Crippen LogP contribution < -0.4 is 4.74 Å². The third-order valence-electron chi connectivity index (χ3n) is 5.04. The molecule has 4 rings (SSSR count). The van der Waals surface area contributed by atoms with E-state index in [4.69, 9.17) is 9.72 Å². The first-order valence-corrected chi connectivity index (χ1v) is 11.8. The Kier molecular flexibility index (Phi) is 6.64. The van der Waals surface area contributed by atoms with E-state index in [0.29, 0.717) is 5.75 Å². The Morgan fingerprint density at radius 1 is 1.17 bits per heavy atom. The molecule has 0 spiro atoms. The Bertz CT molecular complexity index is 1010. The highest BCUT2D eigenvalue weighted by Gasteiger charge is 2.17. The topological polar surface area (TPSA) is 68.2 Å². The van der Waals surface area contributed by atoms with Crippen LogP contribution in [0.15, 0.2) is 41.4 Å². The van der Waals surface area contributed by atoms with E-state index in [9.17, 15) is 4.79 Å². The molecule has 1 aliphatic heterocycles. The fourth-order valence-electron chi connectivity index (χ4n) is 3.40. The van der Waals surface area contributed by atoms with Gasteiger partial charge in [0.25, 0.3) is 0 Å². The van der Waals surface area contributed by atoms with Gasteiger partial charge in [-0.25, -0.2) is 4.98 Å². The van der Waals surface area contributed by atoms with Crippen LogP contribution >= 0.6 is 23.1 Å². The van der Waals surface area contributed by atoms with Gasteiger partial charge in [-0.05, 0) is 50.5 Å². The molecule has 0 radical (unpaired) electrons. The highest BCUT2D eigenvalue weighted by molar-refractivity contribution is 7.99. The molecule has 1 aliphatic rings. The van der Waals surface area contributed by atoms with Crippen molar-refractivity contribution in [3.8, 4) is 26.9 Å². The van der Waals surface area contributed by atoms with E-state index >= 15 is 0 Å². The Hall–Kier alpha value is -2.45. The number of carbonyl (C=O) groups excluding carboxylic acids is 1. The number of carbonyl (C=O) groups is 1. The highest BCUT2D eigenvalue weighted by atomic mass is 32.2. The first-order valence-electron chi connectivity index (χ1n) is 10.0. The molecule has 3 aromatic rings. The summed E-state index contributed by atoms with van der Waals surface area (Å²) in [6, 6.07) is 11.8. The number of piperidine rings is 1. The van der Waals surface area contributed by atoms with Gasteiger partial charge in [-0.2, -0.15) is 0 Å². The molecule has 0 unspecified atom stereocenters. The monoisotopic (exact) mass is 440 g/mol. The maximum Gasteiger partial charge on any atom is 0.232 e. The molecule has 156 valence electrons. The summed E-state index contributed by atoms with van der Waals surface area (Å²) in [4.78, 5) is 20.0. The maximum atomic E-state index is 12.3.